The highest BCUT2D eigenvalue weighted by Gasteiger charge is 2.27. The van der Waals surface area contributed by atoms with Crippen molar-refractivity contribution >= 4 is 39.1 Å². The van der Waals surface area contributed by atoms with E-state index in [0.717, 1.165) is 11.3 Å². The maximum atomic E-state index is 13.7. The lowest BCUT2D eigenvalue weighted by molar-refractivity contribution is 0.100. The Hall–Kier alpha value is -4.85. The Morgan fingerprint density at radius 2 is 1.97 bits per heavy atom. The third kappa shape index (κ3) is 4.24. The molecule has 0 aliphatic carbocycles. The van der Waals surface area contributed by atoms with E-state index in [-0.39, 0.29) is 27.9 Å². The predicted octanol–water partition coefficient (Wildman–Crippen LogP) is 4.41. The van der Waals surface area contributed by atoms with Gasteiger partial charge < -0.3 is 20.5 Å². The third-order valence-electron chi connectivity index (χ3n) is 6.16. The molecule has 4 N–H and O–H groups in total. The van der Waals surface area contributed by atoms with Gasteiger partial charge in [-0.2, -0.15) is 10.2 Å². The Bertz CT molecular complexity index is 1790. The number of aryl methyl sites for hydroxylation is 2. The zero-order valence-electron chi connectivity index (χ0n) is 20.4. The van der Waals surface area contributed by atoms with Crippen molar-refractivity contribution in [2.24, 2.45) is 12.8 Å². The Balaban J connectivity index is 1.43. The number of benzene rings is 1. The Morgan fingerprint density at radius 3 is 2.69 bits per heavy atom. The fraction of sp³-hybridized carbons (Fsp3) is 0.160. The molecule has 198 valence electrons. The summed E-state index contributed by atoms with van der Waals surface area (Å²) in [5, 5.41) is 14.2. The summed E-state index contributed by atoms with van der Waals surface area (Å²) in [5.41, 5.74) is 7.92. The van der Waals surface area contributed by atoms with Gasteiger partial charge in [-0.3, -0.25) is 19.4 Å². The zero-order valence-corrected chi connectivity index (χ0v) is 21.2. The van der Waals surface area contributed by atoms with E-state index in [1.165, 1.54) is 12.1 Å². The number of carbonyl (C=O) groups excluding carboxylic acids is 2. The molecule has 6 rings (SSSR count). The van der Waals surface area contributed by atoms with Crippen molar-refractivity contribution in [3.8, 4) is 33.9 Å². The van der Waals surface area contributed by atoms with Crippen molar-refractivity contribution < 1.29 is 27.8 Å². The number of primary amides is 1. The number of aromatic nitrogens is 5. The predicted molar refractivity (Wildman–Crippen MR) is 138 cm³/mol. The molecule has 0 fully saturated rings. The molecule has 0 radical (unpaired) electrons. The number of nitrogens with zero attached hydrogens (tertiary/aromatic N) is 4. The highest BCUT2D eigenvalue weighted by molar-refractivity contribution is 7.21. The maximum absolute atomic E-state index is 13.7. The van der Waals surface area contributed by atoms with Gasteiger partial charge in [-0.05, 0) is 42.8 Å². The summed E-state index contributed by atoms with van der Waals surface area (Å²) in [6.45, 7) is 1.85. The molecule has 1 aliphatic rings. The monoisotopic (exact) mass is 551 g/mol. The van der Waals surface area contributed by atoms with Crippen molar-refractivity contribution in [2.75, 3.05) is 12.1 Å². The van der Waals surface area contributed by atoms with Crippen LogP contribution < -0.4 is 20.5 Å². The molecule has 4 aromatic heterocycles. The number of alkyl halides is 2. The van der Waals surface area contributed by atoms with E-state index in [1.807, 2.05) is 0 Å². The van der Waals surface area contributed by atoms with Crippen LogP contribution in [0.25, 0.3) is 32.6 Å². The molecule has 0 spiro atoms. The van der Waals surface area contributed by atoms with Crippen LogP contribution in [0.1, 0.15) is 38.0 Å². The van der Waals surface area contributed by atoms with Crippen molar-refractivity contribution in [3.05, 3.63) is 58.5 Å². The minimum Gasteiger partial charge on any atom is -0.454 e. The van der Waals surface area contributed by atoms with Crippen molar-refractivity contribution in [1.82, 2.24) is 25.0 Å². The lowest BCUT2D eigenvalue weighted by atomic mass is 10.0. The quantitative estimate of drug-likeness (QED) is 0.283. The fourth-order valence-corrected chi connectivity index (χ4v) is 5.44. The number of fused-ring (bicyclic) bond motifs is 2. The van der Waals surface area contributed by atoms with Gasteiger partial charge >= 0.3 is 0 Å². The highest BCUT2D eigenvalue weighted by atomic mass is 32.1. The molecule has 39 heavy (non-hydrogen) atoms. The highest BCUT2D eigenvalue weighted by Crippen LogP contribution is 2.43. The topological polar surface area (TPSA) is 150 Å². The zero-order chi connectivity index (χ0) is 27.4. The van der Waals surface area contributed by atoms with Gasteiger partial charge in [0.2, 0.25) is 6.79 Å². The number of nitrogens with two attached hydrogens (primary N) is 1. The number of anilines is 1. The van der Waals surface area contributed by atoms with Crippen LogP contribution in [0.2, 0.25) is 0 Å². The van der Waals surface area contributed by atoms with Crippen molar-refractivity contribution in [1.29, 1.82) is 0 Å². The largest absolute Gasteiger partial charge is 0.454 e. The van der Waals surface area contributed by atoms with Crippen LogP contribution >= 0.6 is 11.3 Å². The van der Waals surface area contributed by atoms with E-state index >= 15 is 0 Å². The number of hydrogen-bond acceptors (Lipinski definition) is 8. The minimum atomic E-state index is -2.86. The first-order valence-electron chi connectivity index (χ1n) is 11.5. The molecular weight excluding hydrogens is 532 g/mol. The van der Waals surface area contributed by atoms with Gasteiger partial charge in [-0.1, -0.05) is 0 Å². The number of nitrogens with one attached hydrogen (secondary N) is 2. The van der Waals surface area contributed by atoms with E-state index in [0.29, 0.717) is 45.0 Å². The molecule has 11 nitrogen and oxygen atoms in total. The number of rotatable bonds is 6. The number of amides is 2. The minimum absolute atomic E-state index is 0.0319. The summed E-state index contributed by atoms with van der Waals surface area (Å²) in [7, 11) is 1.70. The number of ether oxygens (including phenoxy) is 2. The van der Waals surface area contributed by atoms with E-state index in [9.17, 15) is 18.4 Å². The normalized spacial score (nSPS) is 12.4. The van der Waals surface area contributed by atoms with E-state index < -0.39 is 23.9 Å². The molecule has 0 saturated heterocycles. The third-order valence-corrected chi connectivity index (χ3v) is 7.26. The Labute approximate surface area is 222 Å². The Morgan fingerprint density at radius 1 is 1.18 bits per heavy atom. The Kier molecular flexibility index (Phi) is 5.75. The first-order chi connectivity index (χ1) is 18.7. The van der Waals surface area contributed by atoms with Crippen LogP contribution in [0.3, 0.4) is 0 Å². The molecule has 0 saturated carbocycles. The molecule has 0 unspecified atom stereocenters. The fourth-order valence-electron chi connectivity index (χ4n) is 4.42. The van der Waals surface area contributed by atoms with Gasteiger partial charge in [-0.15, -0.1) is 11.3 Å². The number of hydrogen-bond donors (Lipinski definition) is 3. The van der Waals surface area contributed by atoms with Gasteiger partial charge in [0.05, 0.1) is 17.1 Å². The molecule has 1 aliphatic heterocycles. The summed E-state index contributed by atoms with van der Waals surface area (Å²) >= 11 is 0.823. The standard InChI is InChI=1S/C25H19F2N7O4S/c1-10-13(8-34(2)33-10)12-6-15(22(26)27)29-25-19(12)20(21(39-25)23(28)35)30-24(36)16-7-14(31-32-16)11-3-4-17-18(5-11)38-9-37-17/h3-8,22H,9H2,1-2H3,(H2,28,35)(H,30,36)(H,31,32). The second kappa shape index (κ2) is 9.16. The number of carbonyl (C=O) groups is 2. The number of H-pyrrole nitrogens is 1. The molecule has 0 atom stereocenters. The first kappa shape index (κ1) is 24.5. The summed E-state index contributed by atoms with van der Waals surface area (Å²) in [6.07, 6.45) is -1.19. The van der Waals surface area contributed by atoms with Crippen LogP contribution in [-0.4, -0.2) is 43.6 Å². The summed E-state index contributed by atoms with van der Waals surface area (Å²) in [6, 6.07) is 8.03. The van der Waals surface area contributed by atoms with Crippen molar-refractivity contribution in [2.45, 2.75) is 13.3 Å². The van der Waals surface area contributed by atoms with Crippen LogP contribution in [0.15, 0.2) is 36.5 Å². The van der Waals surface area contributed by atoms with Gasteiger partial charge in [0.15, 0.2) is 11.5 Å². The summed E-state index contributed by atoms with van der Waals surface area (Å²) < 4.78 is 39.8. The van der Waals surface area contributed by atoms with Gasteiger partial charge in [0.1, 0.15) is 21.1 Å². The van der Waals surface area contributed by atoms with E-state index in [1.54, 1.807) is 43.0 Å². The molecule has 14 heteroatoms. The average molecular weight is 552 g/mol. The molecular formula is C25H19F2N7O4S. The maximum Gasteiger partial charge on any atom is 0.280 e. The second-order valence-corrected chi connectivity index (χ2v) is 9.74. The average Bonchev–Trinajstić information content (AvgIpc) is 3.68. The lowest BCUT2D eigenvalue weighted by Gasteiger charge is -2.10. The summed E-state index contributed by atoms with van der Waals surface area (Å²) in [5.74, 6) is -0.292. The molecule has 5 aromatic rings. The smallest absolute Gasteiger partial charge is 0.280 e. The number of pyridine rings is 1. The first-order valence-corrected chi connectivity index (χ1v) is 12.3. The number of thiophene rings is 1. The second-order valence-electron chi connectivity index (χ2n) is 8.74. The molecule has 1 aromatic carbocycles. The van der Waals surface area contributed by atoms with Crippen LogP contribution in [0.4, 0.5) is 14.5 Å². The lowest BCUT2D eigenvalue weighted by Crippen LogP contribution is -2.17. The number of aromatic amines is 1. The van der Waals surface area contributed by atoms with E-state index in [2.05, 4.69) is 25.6 Å². The van der Waals surface area contributed by atoms with Gasteiger partial charge in [-0.25, -0.2) is 13.8 Å². The van der Waals surface area contributed by atoms with Crippen LogP contribution in [0, 0.1) is 6.92 Å². The van der Waals surface area contributed by atoms with Crippen molar-refractivity contribution in [3.63, 3.8) is 0 Å². The SMILES string of the molecule is Cc1nn(C)cc1-c1cc(C(F)F)nc2sc(C(N)=O)c(NC(=O)c3cc(-c4ccc5c(c4)OCO5)n[nH]3)c12. The van der Waals surface area contributed by atoms with Crippen LogP contribution in [0.5, 0.6) is 11.5 Å². The number of halogens is 2. The molecule has 2 amide bonds. The summed E-state index contributed by atoms with van der Waals surface area (Å²) in [4.78, 5) is 29.8. The van der Waals surface area contributed by atoms with Gasteiger partial charge in [0.25, 0.3) is 18.2 Å². The molecule has 5 heterocycles. The van der Waals surface area contributed by atoms with Gasteiger partial charge in [0, 0.05) is 29.8 Å². The molecule has 0 bridgehead atoms. The van der Waals surface area contributed by atoms with E-state index in [4.69, 9.17) is 15.2 Å². The van der Waals surface area contributed by atoms with Crippen LogP contribution in [-0.2, 0) is 7.05 Å².